The third-order valence-electron chi connectivity index (χ3n) is 4.35. The molecule has 3 aromatic rings. The fourth-order valence-corrected chi connectivity index (χ4v) is 4.54. The van der Waals surface area contributed by atoms with Crippen LogP contribution in [0.3, 0.4) is 0 Å². The molecule has 0 fully saturated rings. The van der Waals surface area contributed by atoms with Gasteiger partial charge in [0.1, 0.15) is 11.6 Å². The van der Waals surface area contributed by atoms with Gasteiger partial charge in [0.25, 0.3) is 15.9 Å². The van der Waals surface area contributed by atoms with E-state index < -0.39 is 10.0 Å². The Hall–Kier alpha value is -3.05. The Morgan fingerprint density at radius 3 is 2.53 bits per heavy atom. The van der Waals surface area contributed by atoms with Gasteiger partial charge < -0.3 is 10.1 Å². The van der Waals surface area contributed by atoms with Gasteiger partial charge in [-0.1, -0.05) is 29.5 Å². The summed E-state index contributed by atoms with van der Waals surface area (Å²) in [7, 11) is -3.73. The number of amides is 1. The number of hydrogen-bond acceptors (Lipinski definition) is 7. The van der Waals surface area contributed by atoms with E-state index in [-0.39, 0.29) is 17.4 Å². The van der Waals surface area contributed by atoms with E-state index in [1.54, 1.807) is 25.1 Å². The van der Waals surface area contributed by atoms with Crippen LogP contribution >= 0.6 is 11.8 Å². The van der Waals surface area contributed by atoms with Crippen molar-refractivity contribution in [2.45, 2.75) is 30.8 Å². The minimum Gasteiger partial charge on any atom is -0.484 e. The van der Waals surface area contributed by atoms with Crippen LogP contribution in [-0.4, -0.2) is 48.4 Å². The predicted octanol–water partition coefficient (Wildman–Crippen LogP) is 2.82. The molecule has 32 heavy (non-hydrogen) atoms. The highest BCUT2D eigenvalue weighted by atomic mass is 32.2. The maximum Gasteiger partial charge on any atom is 0.261 e. The Bertz CT molecular complexity index is 1180. The minimum absolute atomic E-state index is 0.117. The summed E-state index contributed by atoms with van der Waals surface area (Å²) < 4.78 is 33.4. The number of aromatic amines is 1. The molecule has 0 spiro atoms. The van der Waals surface area contributed by atoms with E-state index in [4.69, 9.17) is 4.74 Å². The van der Waals surface area contributed by atoms with Crippen LogP contribution in [0.15, 0.2) is 52.5 Å². The van der Waals surface area contributed by atoms with Crippen LogP contribution in [0, 0.1) is 20.8 Å². The number of carbonyl (C=O) groups excluding carboxylic acids is 1. The fourth-order valence-electron chi connectivity index (χ4n) is 2.70. The number of carbonyl (C=O) groups is 1. The first kappa shape index (κ1) is 23.6. The zero-order chi connectivity index (χ0) is 23.1. The Labute approximate surface area is 191 Å². The van der Waals surface area contributed by atoms with E-state index in [2.05, 4.69) is 25.2 Å². The van der Waals surface area contributed by atoms with Gasteiger partial charge in [-0.15, -0.1) is 5.10 Å². The van der Waals surface area contributed by atoms with Gasteiger partial charge in [-0.3, -0.25) is 14.6 Å². The number of anilines is 1. The van der Waals surface area contributed by atoms with E-state index in [0.717, 1.165) is 11.4 Å². The van der Waals surface area contributed by atoms with E-state index in [9.17, 15) is 13.2 Å². The molecule has 1 amide bonds. The first-order valence-electron chi connectivity index (χ1n) is 9.84. The van der Waals surface area contributed by atoms with Crippen molar-refractivity contribution in [2.75, 3.05) is 23.6 Å². The largest absolute Gasteiger partial charge is 0.484 e. The Morgan fingerprint density at radius 1 is 1.12 bits per heavy atom. The van der Waals surface area contributed by atoms with Crippen LogP contribution in [0.2, 0.25) is 0 Å². The maximum absolute atomic E-state index is 12.6. The zero-order valence-electron chi connectivity index (χ0n) is 18.0. The monoisotopic (exact) mass is 475 g/mol. The summed E-state index contributed by atoms with van der Waals surface area (Å²) in [6.45, 7) is 5.76. The van der Waals surface area contributed by atoms with Gasteiger partial charge >= 0.3 is 0 Å². The highest BCUT2D eigenvalue weighted by molar-refractivity contribution is 7.99. The summed E-state index contributed by atoms with van der Waals surface area (Å²) in [5, 5.41) is 10.2. The minimum atomic E-state index is -3.73. The SMILES string of the molecule is Cc1ccc(NS(=O)(=O)c2ccc(OCC(=O)NCCSc3n[nH]c(C)n3)c(C)c2)cc1. The van der Waals surface area contributed by atoms with Gasteiger partial charge in [0, 0.05) is 18.0 Å². The molecule has 9 nitrogen and oxygen atoms in total. The number of aryl methyl sites for hydroxylation is 3. The average molecular weight is 476 g/mol. The number of H-pyrrole nitrogens is 1. The molecule has 170 valence electrons. The lowest BCUT2D eigenvalue weighted by Crippen LogP contribution is -2.30. The topological polar surface area (TPSA) is 126 Å². The molecule has 11 heteroatoms. The summed E-state index contributed by atoms with van der Waals surface area (Å²) in [5.74, 6) is 1.54. The summed E-state index contributed by atoms with van der Waals surface area (Å²) in [5.41, 5.74) is 2.14. The fraction of sp³-hybridized carbons (Fsp3) is 0.286. The van der Waals surface area contributed by atoms with Crippen LogP contribution in [0.25, 0.3) is 0 Å². The Balaban J connectivity index is 1.48. The number of nitrogens with zero attached hydrogens (tertiary/aromatic N) is 2. The molecule has 0 radical (unpaired) electrons. The zero-order valence-corrected chi connectivity index (χ0v) is 19.6. The molecular formula is C21H25N5O4S2. The van der Waals surface area contributed by atoms with Crippen LogP contribution < -0.4 is 14.8 Å². The molecule has 1 heterocycles. The van der Waals surface area contributed by atoms with Crippen molar-refractivity contribution in [3.05, 3.63) is 59.4 Å². The number of thioether (sulfide) groups is 1. The lowest BCUT2D eigenvalue weighted by Gasteiger charge is -2.12. The Kier molecular flexibility index (Phi) is 7.75. The van der Waals surface area contributed by atoms with Crippen LogP contribution in [0.4, 0.5) is 5.69 Å². The summed E-state index contributed by atoms with van der Waals surface area (Å²) in [6, 6.07) is 11.6. The molecule has 0 bridgehead atoms. The smallest absolute Gasteiger partial charge is 0.261 e. The molecule has 2 aromatic carbocycles. The van der Waals surface area contributed by atoms with E-state index >= 15 is 0 Å². The number of hydrogen-bond donors (Lipinski definition) is 3. The van der Waals surface area contributed by atoms with Crippen molar-refractivity contribution in [1.82, 2.24) is 20.5 Å². The number of benzene rings is 2. The molecule has 0 aliphatic heterocycles. The van der Waals surface area contributed by atoms with Crippen LogP contribution in [0.5, 0.6) is 5.75 Å². The van der Waals surface area contributed by atoms with E-state index in [1.807, 2.05) is 26.0 Å². The van der Waals surface area contributed by atoms with Crippen molar-refractivity contribution in [2.24, 2.45) is 0 Å². The molecule has 0 aliphatic rings. The highest BCUT2D eigenvalue weighted by Gasteiger charge is 2.16. The first-order chi connectivity index (χ1) is 15.2. The number of rotatable bonds is 10. The molecule has 0 saturated carbocycles. The van der Waals surface area contributed by atoms with Crippen molar-refractivity contribution in [1.29, 1.82) is 0 Å². The van der Waals surface area contributed by atoms with Crippen molar-refractivity contribution in [3.8, 4) is 5.75 Å². The molecule has 3 N–H and O–H groups in total. The molecule has 3 rings (SSSR count). The van der Waals surface area contributed by atoms with Crippen molar-refractivity contribution >= 4 is 33.4 Å². The van der Waals surface area contributed by atoms with Gasteiger partial charge in [0.2, 0.25) is 5.16 Å². The summed E-state index contributed by atoms with van der Waals surface area (Å²) >= 11 is 1.43. The predicted molar refractivity (Wildman–Crippen MR) is 124 cm³/mol. The molecule has 0 unspecified atom stereocenters. The third kappa shape index (κ3) is 6.72. The molecule has 1 aromatic heterocycles. The maximum atomic E-state index is 12.6. The van der Waals surface area contributed by atoms with Gasteiger partial charge in [0.15, 0.2) is 6.61 Å². The number of ether oxygens (including phenoxy) is 1. The average Bonchev–Trinajstić information content (AvgIpc) is 3.17. The van der Waals surface area contributed by atoms with E-state index in [0.29, 0.717) is 34.5 Å². The first-order valence-corrected chi connectivity index (χ1v) is 12.3. The van der Waals surface area contributed by atoms with Gasteiger partial charge in [0.05, 0.1) is 4.90 Å². The number of nitrogens with one attached hydrogen (secondary N) is 3. The molecule has 0 saturated heterocycles. The quantitative estimate of drug-likeness (QED) is 0.304. The third-order valence-corrected chi connectivity index (χ3v) is 6.58. The lowest BCUT2D eigenvalue weighted by molar-refractivity contribution is -0.122. The number of aromatic nitrogens is 3. The van der Waals surface area contributed by atoms with Crippen LogP contribution in [-0.2, 0) is 14.8 Å². The van der Waals surface area contributed by atoms with Crippen molar-refractivity contribution in [3.63, 3.8) is 0 Å². The van der Waals surface area contributed by atoms with Crippen molar-refractivity contribution < 1.29 is 17.9 Å². The molecule has 0 atom stereocenters. The van der Waals surface area contributed by atoms with Gasteiger partial charge in [-0.2, -0.15) is 0 Å². The summed E-state index contributed by atoms with van der Waals surface area (Å²) in [6.07, 6.45) is 0. The van der Waals surface area contributed by atoms with Gasteiger partial charge in [-0.05, 0) is 56.7 Å². The lowest BCUT2D eigenvalue weighted by atomic mass is 10.2. The van der Waals surface area contributed by atoms with Gasteiger partial charge in [-0.25, -0.2) is 13.4 Å². The highest BCUT2D eigenvalue weighted by Crippen LogP contribution is 2.23. The second kappa shape index (κ2) is 10.5. The second-order valence-electron chi connectivity index (χ2n) is 7.09. The second-order valence-corrected chi connectivity index (χ2v) is 9.83. The van der Waals surface area contributed by atoms with E-state index in [1.165, 1.54) is 23.9 Å². The number of sulfonamides is 1. The Morgan fingerprint density at radius 2 is 1.88 bits per heavy atom. The normalized spacial score (nSPS) is 11.2. The van der Waals surface area contributed by atoms with Crippen LogP contribution in [0.1, 0.15) is 17.0 Å². The molecular weight excluding hydrogens is 450 g/mol. The summed E-state index contributed by atoms with van der Waals surface area (Å²) in [4.78, 5) is 16.3. The molecule has 0 aliphatic carbocycles. The standard InChI is InChI=1S/C21H25N5O4S2/c1-14-4-6-17(7-5-14)26-32(28,29)18-8-9-19(15(2)12-18)30-13-20(27)22-10-11-31-21-23-16(3)24-25-21/h4-9,12,26H,10-11,13H2,1-3H3,(H,22,27)(H,23,24,25).